The highest BCUT2D eigenvalue weighted by molar-refractivity contribution is 7.80. The Kier molecular flexibility index (Phi) is 4.92. The zero-order valence-corrected chi connectivity index (χ0v) is 13.6. The monoisotopic (exact) mass is 318 g/mol. The third-order valence-electron chi connectivity index (χ3n) is 3.54. The van der Waals surface area contributed by atoms with E-state index >= 15 is 0 Å². The third kappa shape index (κ3) is 2.87. The number of esters is 1. The Morgan fingerprint density at radius 2 is 1.95 bits per heavy atom. The molecule has 0 fully saturated rings. The molecule has 1 aliphatic heterocycles. The Hall–Kier alpha value is -2.21. The maximum absolute atomic E-state index is 12.3. The fraction of sp³-hybridized carbons (Fsp3) is 0.312. The summed E-state index contributed by atoms with van der Waals surface area (Å²) in [6, 6.07) is 8.76. The Morgan fingerprint density at radius 3 is 2.50 bits per heavy atom. The molecule has 0 saturated heterocycles. The number of carbonyl (C=O) groups excluding carboxylic acids is 2. The lowest BCUT2D eigenvalue weighted by Crippen LogP contribution is -2.50. The van der Waals surface area contributed by atoms with Crippen LogP contribution in [0, 0.1) is 0 Å². The number of amides is 1. The van der Waals surface area contributed by atoms with Crippen LogP contribution >= 0.6 is 12.2 Å². The number of benzene rings is 1. The molecule has 0 bridgehead atoms. The highest BCUT2D eigenvalue weighted by Crippen LogP contribution is 2.34. The molecule has 1 atom stereocenters. The molecule has 1 N–H and O–H groups in total. The molecule has 1 amide bonds. The van der Waals surface area contributed by atoms with Gasteiger partial charge in [0, 0.05) is 12.1 Å². The van der Waals surface area contributed by atoms with Crippen molar-refractivity contribution in [2.45, 2.75) is 26.3 Å². The first-order valence-corrected chi connectivity index (χ1v) is 7.39. The largest absolute Gasteiger partial charge is 0.466 e. The first-order valence-electron chi connectivity index (χ1n) is 6.98. The number of carbonyl (C=O) groups is 2. The smallest absolute Gasteiger partial charge is 0.337 e. The number of nitrogens with one attached hydrogen (secondary N) is 1. The van der Waals surface area contributed by atoms with E-state index < -0.39 is 12.0 Å². The summed E-state index contributed by atoms with van der Waals surface area (Å²) in [5.41, 5.74) is 1.81. The molecule has 5 nitrogen and oxygen atoms in total. The van der Waals surface area contributed by atoms with E-state index in [1.807, 2.05) is 30.3 Å². The molecule has 0 spiro atoms. The summed E-state index contributed by atoms with van der Waals surface area (Å²) < 4.78 is 4.89. The van der Waals surface area contributed by atoms with E-state index in [-0.39, 0.29) is 5.91 Å². The van der Waals surface area contributed by atoms with Gasteiger partial charge in [0.2, 0.25) is 5.91 Å². The molecule has 0 aliphatic carbocycles. The lowest BCUT2D eigenvalue weighted by molar-refractivity contribution is -0.137. The van der Waals surface area contributed by atoms with Crippen LogP contribution in [0.1, 0.15) is 31.9 Å². The van der Waals surface area contributed by atoms with Gasteiger partial charge in [-0.05, 0) is 24.7 Å². The Labute approximate surface area is 134 Å². The summed E-state index contributed by atoms with van der Waals surface area (Å²) in [5, 5.41) is 3.22. The van der Waals surface area contributed by atoms with Gasteiger partial charge in [-0.1, -0.05) is 37.3 Å². The molecule has 1 heterocycles. The highest BCUT2D eigenvalue weighted by atomic mass is 32.1. The maximum atomic E-state index is 12.3. The van der Waals surface area contributed by atoms with Gasteiger partial charge in [0.25, 0.3) is 0 Å². The second-order valence-electron chi connectivity index (χ2n) is 4.89. The first kappa shape index (κ1) is 16.2. The highest BCUT2D eigenvalue weighted by Gasteiger charge is 2.39. The Bertz CT molecular complexity index is 640. The molecular formula is C16H18N2O3S. The molecular weight excluding hydrogens is 300 g/mol. The quantitative estimate of drug-likeness (QED) is 0.684. The fourth-order valence-corrected chi connectivity index (χ4v) is 2.85. The number of allylic oxidation sites excluding steroid dienone is 1. The first-order chi connectivity index (χ1) is 10.5. The predicted octanol–water partition coefficient (Wildman–Crippen LogP) is 2.30. The SMILES string of the molecule is CCC(=O)N1C(=S)NC(C)=C(C(=O)OC)C1c1ccccc1. The number of nitrogens with zero attached hydrogens (tertiary/aromatic N) is 1. The van der Waals surface area contributed by atoms with Gasteiger partial charge in [-0.2, -0.15) is 0 Å². The van der Waals surface area contributed by atoms with Gasteiger partial charge in [-0.15, -0.1) is 0 Å². The average Bonchev–Trinajstić information content (AvgIpc) is 2.53. The van der Waals surface area contributed by atoms with Crippen LogP contribution < -0.4 is 5.32 Å². The van der Waals surface area contributed by atoms with Crippen molar-refractivity contribution < 1.29 is 14.3 Å². The predicted molar refractivity (Wildman–Crippen MR) is 86.8 cm³/mol. The molecule has 1 aromatic carbocycles. The number of rotatable bonds is 3. The summed E-state index contributed by atoms with van der Waals surface area (Å²) in [7, 11) is 1.32. The molecule has 2 rings (SSSR count). The number of thiocarbonyl (C=S) groups is 1. The van der Waals surface area contributed by atoms with E-state index in [0.29, 0.717) is 22.8 Å². The van der Waals surface area contributed by atoms with Crippen LogP contribution in [0.3, 0.4) is 0 Å². The van der Waals surface area contributed by atoms with Gasteiger partial charge in [0.15, 0.2) is 5.11 Å². The van der Waals surface area contributed by atoms with Crippen LogP contribution in [-0.2, 0) is 14.3 Å². The van der Waals surface area contributed by atoms with Crippen LogP contribution in [0.15, 0.2) is 41.6 Å². The Morgan fingerprint density at radius 1 is 1.32 bits per heavy atom. The summed E-state index contributed by atoms with van der Waals surface area (Å²) in [4.78, 5) is 26.0. The standard InChI is InChI=1S/C16H18N2O3S/c1-4-12(19)18-14(11-8-6-5-7-9-11)13(15(20)21-3)10(2)17-16(18)22/h5-9,14H,4H2,1-3H3,(H,17,22). The van der Waals surface area contributed by atoms with Gasteiger partial charge in [-0.25, -0.2) is 4.79 Å². The van der Waals surface area contributed by atoms with Crippen molar-refractivity contribution in [3.05, 3.63) is 47.2 Å². The van der Waals surface area contributed by atoms with E-state index in [1.54, 1.807) is 13.8 Å². The number of methoxy groups -OCH3 is 1. The summed E-state index contributed by atoms with van der Waals surface area (Å²) in [6.45, 7) is 3.51. The van der Waals surface area contributed by atoms with E-state index in [0.717, 1.165) is 5.56 Å². The van der Waals surface area contributed by atoms with E-state index in [1.165, 1.54) is 12.0 Å². The normalized spacial score (nSPS) is 18.0. The maximum Gasteiger partial charge on any atom is 0.337 e. The average molecular weight is 318 g/mol. The van der Waals surface area contributed by atoms with Crippen molar-refractivity contribution in [3.63, 3.8) is 0 Å². The van der Waals surface area contributed by atoms with Crippen LogP contribution in [0.25, 0.3) is 0 Å². The van der Waals surface area contributed by atoms with E-state index in [9.17, 15) is 9.59 Å². The molecule has 22 heavy (non-hydrogen) atoms. The fourth-order valence-electron chi connectivity index (χ4n) is 2.49. The topological polar surface area (TPSA) is 58.6 Å². The molecule has 6 heteroatoms. The number of hydrogen-bond acceptors (Lipinski definition) is 4. The molecule has 0 aromatic heterocycles. The van der Waals surface area contributed by atoms with Crippen molar-refractivity contribution >= 4 is 29.2 Å². The van der Waals surface area contributed by atoms with Crippen LogP contribution in [0.5, 0.6) is 0 Å². The van der Waals surface area contributed by atoms with Crippen LogP contribution in [0.2, 0.25) is 0 Å². The van der Waals surface area contributed by atoms with Crippen molar-refractivity contribution in [2.24, 2.45) is 0 Å². The number of hydrogen-bond donors (Lipinski definition) is 1. The summed E-state index contributed by atoms with van der Waals surface area (Å²) in [6.07, 6.45) is 0.290. The van der Waals surface area contributed by atoms with E-state index in [4.69, 9.17) is 17.0 Å². The van der Waals surface area contributed by atoms with Gasteiger partial charge >= 0.3 is 5.97 Å². The zero-order chi connectivity index (χ0) is 16.3. The van der Waals surface area contributed by atoms with Gasteiger partial charge in [-0.3, -0.25) is 9.69 Å². The minimum atomic E-state index is -0.574. The van der Waals surface area contributed by atoms with Gasteiger partial charge in [0.05, 0.1) is 18.7 Å². The Balaban J connectivity index is 2.63. The summed E-state index contributed by atoms with van der Waals surface area (Å²) in [5.74, 6) is -0.629. The molecule has 1 aromatic rings. The number of ether oxygens (including phenoxy) is 1. The van der Waals surface area contributed by atoms with Crippen molar-refractivity contribution in [2.75, 3.05) is 7.11 Å². The molecule has 116 valence electrons. The second-order valence-corrected chi connectivity index (χ2v) is 5.28. The third-order valence-corrected chi connectivity index (χ3v) is 3.84. The molecule has 1 unspecified atom stereocenters. The molecule has 1 aliphatic rings. The van der Waals surface area contributed by atoms with Gasteiger partial charge < -0.3 is 10.1 Å². The lowest BCUT2D eigenvalue weighted by atomic mass is 9.93. The minimum Gasteiger partial charge on any atom is -0.466 e. The van der Waals surface area contributed by atoms with Crippen LogP contribution in [-0.4, -0.2) is 29.0 Å². The van der Waals surface area contributed by atoms with Crippen molar-refractivity contribution in [1.82, 2.24) is 10.2 Å². The van der Waals surface area contributed by atoms with Gasteiger partial charge in [0.1, 0.15) is 0 Å². The van der Waals surface area contributed by atoms with Crippen LogP contribution in [0.4, 0.5) is 0 Å². The van der Waals surface area contributed by atoms with E-state index in [2.05, 4.69) is 5.32 Å². The van der Waals surface area contributed by atoms with Crippen molar-refractivity contribution in [1.29, 1.82) is 0 Å². The minimum absolute atomic E-state index is 0.153. The lowest BCUT2D eigenvalue weighted by Gasteiger charge is -2.38. The second kappa shape index (κ2) is 6.70. The summed E-state index contributed by atoms with van der Waals surface area (Å²) >= 11 is 5.31. The molecule has 0 saturated carbocycles. The van der Waals surface area contributed by atoms with Crippen molar-refractivity contribution in [3.8, 4) is 0 Å². The molecule has 0 radical (unpaired) electrons. The zero-order valence-electron chi connectivity index (χ0n) is 12.8.